The number of nitrogens with one attached hydrogen (secondary N) is 1. The van der Waals surface area contributed by atoms with Crippen molar-refractivity contribution in [2.75, 3.05) is 5.32 Å². The molecule has 0 aliphatic rings. The number of carbonyl (C=O) groups excluding carboxylic acids is 2. The van der Waals surface area contributed by atoms with Crippen molar-refractivity contribution in [2.45, 2.75) is 6.92 Å². The number of nitro groups is 1. The van der Waals surface area contributed by atoms with Crippen LogP contribution >= 0.6 is 0 Å². The lowest BCUT2D eigenvalue weighted by molar-refractivity contribution is -0.384. The maximum atomic E-state index is 12.2. The highest BCUT2D eigenvalue weighted by Gasteiger charge is 2.15. The summed E-state index contributed by atoms with van der Waals surface area (Å²) in [6.07, 6.45) is 0. The van der Waals surface area contributed by atoms with Crippen molar-refractivity contribution < 1.29 is 14.5 Å². The fourth-order valence-corrected chi connectivity index (χ4v) is 1.88. The second-order valence-electron chi connectivity index (χ2n) is 4.65. The number of carbonyl (C=O) groups is 2. The molecule has 2 aromatic rings. The molecule has 0 unspecified atom stereocenters. The average Bonchev–Trinajstić information content (AvgIpc) is 2.47. The highest BCUT2D eigenvalue weighted by molar-refractivity contribution is 6.05. The van der Waals surface area contributed by atoms with E-state index in [1.54, 1.807) is 6.92 Å². The van der Waals surface area contributed by atoms with Gasteiger partial charge in [0.15, 0.2) is 0 Å². The summed E-state index contributed by atoms with van der Waals surface area (Å²) in [4.78, 5) is 33.4. The summed E-state index contributed by atoms with van der Waals surface area (Å²) in [5.74, 6) is -1.03. The lowest BCUT2D eigenvalue weighted by atomic mass is 10.1. The van der Waals surface area contributed by atoms with Gasteiger partial charge in [0.1, 0.15) is 0 Å². The lowest BCUT2D eigenvalue weighted by Crippen LogP contribution is -2.14. The largest absolute Gasteiger partial charge is 0.366 e. The van der Waals surface area contributed by atoms with Crippen LogP contribution in [-0.4, -0.2) is 16.7 Å². The Labute approximate surface area is 125 Å². The monoisotopic (exact) mass is 299 g/mol. The number of hydrogen-bond acceptors (Lipinski definition) is 4. The molecule has 7 heteroatoms. The molecule has 7 nitrogen and oxygen atoms in total. The van der Waals surface area contributed by atoms with Crippen LogP contribution < -0.4 is 11.1 Å². The number of rotatable bonds is 4. The Kier molecular flexibility index (Phi) is 4.17. The molecule has 0 saturated carbocycles. The van der Waals surface area contributed by atoms with E-state index >= 15 is 0 Å². The molecule has 22 heavy (non-hydrogen) atoms. The van der Waals surface area contributed by atoms with E-state index in [0.717, 1.165) is 0 Å². The quantitative estimate of drug-likeness (QED) is 0.665. The SMILES string of the molecule is Cc1ccc([N+](=O)[O-])cc1C(=O)Nc1ccc(C(N)=O)cc1. The van der Waals surface area contributed by atoms with Crippen LogP contribution in [0.25, 0.3) is 0 Å². The van der Waals surface area contributed by atoms with Gasteiger partial charge in [-0.25, -0.2) is 0 Å². The number of aryl methyl sites for hydroxylation is 1. The second-order valence-corrected chi connectivity index (χ2v) is 4.65. The van der Waals surface area contributed by atoms with Gasteiger partial charge in [-0.2, -0.15) is 0 Å². The minimum Gasteiger partial charge on any atom is -0.366 e. The third-order valence-corrected chi connectivity index (χ3v) is 3.10. The minimum absolute atomic E-state index is 0.153. The van der Waals surface area contributed by atoms with Gasteiger partial charge in [-0.15, -0.1) is 0 Å². The topological polar surface area (TPSA) is 115 Å². The van der Waals surface area contributed by atoms with Crippen molar-refractivity contribution in [1.82, 2.24) is 0 Å². The maximum absolute atomic E-state index is 12.2. The fraction of sp³-hybridized carbons (Fsp3) is 0.0667. The summed E-state index contributed by atoms with van der Waals surface area (Å²) in [6.45, 7) is 1.69. The van der Waals surface area contributed by atoms with E-state index in [1.165, 1.54) is 42.5 Å². The molecule has 0 spiro atoms. The van der Waals surface area contributed by atoms with Gasteiger partial charge in [0, 0.05) is 28.9 Å². The van der Waals surface area contributed by atoms with Crippen molar-refractivity contribution in [3.63, 3.8) is 0 Å². The van der Waals surface area contributed by atoms with E-state index in [0.29, 0.717) is 16.8 Å². The Hall–Kier alpha value is -3.22. The van der Waals surface area contributed by atoms with Crippen molar-refractivity contribution in [3.8, 4) is 0 Å². The molecule has 0 aromatic heterocycles. The molecular weight excluding hydrogens is 286 g/mol. The van der Waals surface area contributed by atoms with Crippen LogP contribution in [0.1, 0.15) is 26.3 Å². The zero-order chi connectivity index (χ0) is 16.3. The van der Waals surface area contributed by atoms with Crippen LogP contribution in [0.3, 0.4) is 0 Å². The number of nitrogens with two attached hydrogens (primary N) is 1. The van der Waals surface area contributed by atoms with Gasteiger partial charge in [-0.05, 0) is 36.8 Å². The predicted octanol–water partition coefficient (Wildman–Crippen LogP) is 2.25. The Bertz CT molecular complexity index is 754. The summed E-state index contributed by atoms with van der Waals surface area (Å²) in [5.41, 5.74) is 6.60. The number of anilines is 1. The molecule has 112 valence electrons. The summed E-state index contributed by atoms with van der Waals surface area (Å²) in [5, 5.41) is 13.4. The van der Waals surface area contributed by atoms with Crippen LogP contribution in [0.4, 0.5) is 11.4 Å². The normalized spacial score (nSPS) is 10.0. The number of hydrogen-bond donors (Lipinski definition) is 2. The van der Waals surface area contributed by atoms with E-state index in [2.05, 4.69) is 5.32 Å². The summed E-state index contributed by atoms with van der Waals surface area (Å²) < 4.78 is 0. The molecule has 0 aliphatic heterocycles. The molecule has 2 aromatic carbocycles. The van der Waals surface area contributed by atoms with Crippen molar-refractivity contribution in [1.29, 1.82) is 0 Å². The molecule has 2 rings (SSSR count). The first-order valence-electron chi connectivity index (χ1n) is 6.35. The first-order chi connectivity index (χ1) is 10.4. The summed E-state index contributed by atoms with van der Waals surface area (Å²) in [7, 11) is 0. The van der Waals surface area contributed by atoms with E-state index in [9.17, 15) is 19.7 Å². The van der Waals surface area contributed by atoms with Gasteiger partial charge in [0.2, 0.25) is 5.91 Å². The van der Waals surface area contributed by atoms with Crippen LogP contribution in [0.15, 0.2) is 42.5 Å². The summed E-state index contributed by atoms with van der Waals surface area (Å²) in [6, 6.07) is 10.1. The minimum atomic E-state index is -0.563. The van der Waals surface area contributed by atoms with Gasteiger partial charge in [-0.1, -0.05) is 6.07 Å². The van der Waals surface area contributed by atoms with E-state index in [4.69, 9.17) is 5.73 Å². The van der Waals surface area contributed by atoms with Crippen LogP contribution in [0, 0.1) is 17.0 Å². The van der Waals surface area contributed by atoms with E-state index in [-0.39, 0.29) is 11.3 Å². The fourth-order valence-electron chi connectivity index (χ4n) is 1.88. The van der Waals surface area contributed by atoms with Gasteiger partial charge in [0.25, 0.3) is 11.6 Å². The Morgan fingerprint density at radius 3 is 2.32 bits per heavy atom. The Morgan fingerprint density at radius 1 is 1.14 bits per heavy atom. The highest BCUT2D eigenvalue weighted by Crippen LogP contribution is 2.19. The van der Waals surface area contributed by atoms with Crippen molar-refractivity contribution in [3.05, 3.63) is 69.3 Å². The number of primary amides is 1. The standard InChI is InChI=1S/C15H13N3O4/c1-9-2-7-12(18(21)22)8-13(9)15(20)17-11-5-3-10(4-6-11)14(16)19/h2-8H,1H3,(H2,16,19)(H,17,20). The van der Waals surface area contributed by atoms with Gasteiger partial charge < -0.3 is 11.1 Å². The molecular formula is C15H13N3O4. The number of benzene rings is 2. The number of nitro benzene ring substituents is 1. The molecule has 0 bridgehead atoms. The first-order valence-corrected chi connectivity index (χ1v) is 6.35. The van der Waals surface area contributed by atoms with E-state index < -0.39 is 16.7 Å². The third-order valence-electron chi connectivity index (χ3n) is 3.10. The van der Waals surface area contributed by atoms with Crippen LogP contribution in [0.2, 0.25) is 0 Å². The molecule has 0 heterocycles. The number of non-ortho nitro benzene ring substituents is 1. The molecule has 0 saturated heterocycles. The van der Waals surface area contributed by atoms with Crippen LogP contribution in [-0.2, 0) is 0 Å². The Morgan fingerprint density at radius 2 is 1.77 bits per heavy atom. The van der Waals surface area contributed by atoms with Crippen molar-refractivity contribution >= 4 is 23.2 Å². The third kappa shape index (κ3) is 3.26. The number of amides is 2. The second kappa shape index (κ2) is 6.04. The molecule has 2 amide bonds. The zero-order valence-electron chi connectivity index (χ0n) is 11.7. The lowest BCUT2D eigenvalue weighted by Gasteiger charge is -2.08. The smallest absolute Gasteiger partial charge is 0.270 e. The molecule has 3 N–H and O–H groups in total. The highest BCUT2D eigenvalue weighted by atomic mass is 16.6. The van der Waals surface area contributed by atoms with Crippen LogP contribution in [0.5, 0.6) is 0 Å². The molecule has 0 aliphatic carbocycles. The maximum Gasteiger partial charge on any atom is 0.270 e. The van der Waals surface area contributed by atoms with Gasteiger partial charge >= 0.3 is 0 Å². The van der Waals surface area contributed by atoms with E-state index in [1.807, 2.05) is 0 Å². The van der Waals surface area contributed by atoms with Gasteiger partial charge in [-0.3, -0.25) is 19.7 Å². The predicted molar refractivity (Wildman–Crippen MR) is 80.7 cm³/mol. The molecule has 0 fully saturated rings. The average molecular weight is 299 g/mol. The van der Waals surface area contributed by atoms with Crippen molar-refractivity contribution in [2.24, 2.45) is 5.73 Å². The molecule has 0 atom stereocenters. The summed E-state index contributed by atoms with van der Waals surface area (Å²) >= 11 is 0. The number of nitrogens with zero attached hydrogens (tertiary/aromatic N) is 1. The zero-order valence-corrected chi connectivity index (χ0v) is 11.7. The van der Waals surface area contributed by atoms with Gasteiger partial charge in [0.05, 0.1) is 4.92 Å². The Balaban J connectivity index is 2.23. The first kappa shape index (κ1) is 15.2. The molecule has 0 radical (unpaired) electrons.